The van der Waals surface area contributed by atoms with Crippen molar-refractivity contribution in [3.8, 4) is 0 Å². The highest BCUT2D eigenvalue weighted by molar-refractivity contribution is 5.89. The van der Waals surface area contributed by atoms with Crippen LogP contribution in [0.15, 0.2) is 30.3 Å². The lowest BCUT2D eigenvalue weighted by atomic mass is 9.87. The quantitative estimate of drug-likeness (QED) is 0.446. The molecule has 0 bridgehead atoms. The number of carbonyl (C=O) groups is 2. The second-order valence-corrected chi connectivity index (χ2v) is 7.04. The third kappa shape index (κ3) is 6.78. The number of esters is 1. The Balaban J connectivity index is 2.15. The second-order valence-electron chi connectivity index (χ2n) is 7.04. The molecule has 1 amide bonds. The van der Waals surface area contributed by atoms with Crippen LogP contribution in [0.25, 0.3) is 0 Å². The molecule has 8 nitrogen and oxygen atoms in total. The summed E-state index contributed by atoms with van der Waals surface area (Å²) >= 11 is 0. The van der Waals surface area contributed by atoms with Crippen molar-refractivity contribution in [3.05, 3.63) is 35.9 Å². The average molecular weight is 408 g/mol. The van der Waals surface area contributed by atoms with E-state index < -0.39 is 24.4 Å². The number of nitrogens with two attached hydrogens (primary N) is 1. The number of benzene rings is 1. The van der Waals surface area contributed by atoms with Crippen LogP contribution < -0.4 is 11.1 Å². The first-order chi connectivity index (χ1) is 14.0. The first-order valence-corrected chi connectivity index (χ1v) is 10.1. The maximum atomic E-state index is 12.7. The SMILES string of the molecule is CCC1OC(OCCOCCN)C(NC(C)=O)C(OC(=O)c2ccccc2)C1C. The van der Waals surface area contributed by atoms with Crippen molar-refractivity contribution in [2.24, 2.45) is 11.7 Å². The summed E-state index contributed by atoms with van der Waals surface area (Å²) < 4.78 is 23.1. The minimum absolute atomic E-state index is 0.127. The molecule has 0 aliphatic carbocycles. The van der Waals surface area contributed by atoms with Gasteiger partial charge in [0.2, 0.25) is 5.91 Å². The van der Waals surface area contributed by atoms with Gasteiger partial charge in [0.25, 0.3) is 0 Å². The lowest BCUT2D eigenvalue weighted by Gasteiger charge is -2.45. The zero-order valence-electron chi connectivity index (χ0n) is 17.3. The molecule has 0 radical (unpaired) electrons. The summed E-state index contributed by atoms with van der Waals surface area (Å²) in [5.41, 5.74) is 5.86. The molecule has 1 aliphatic rings. The molecule has 0 spiro atoms. The first-order valence-electron chi connectivity index (χ1n) is 10.1. The maximum absolute atomic E-state index is 12.7. The number of carbonyl (C=O) groups excluding carboxylic acids is 2. The molecular formula is C21H32N2O6. The highest BCUT2D eigenvalue weighted by Crippen LogP contribution is 2.31. The number of rotatable bonds is 10. The number of nitrogens with one attached hydrogen (secondary N) is 1. The highest BCUT2D eigenvalue weighted by Gasteiger charge is 2.46. The van der Waals surface area contributed by atoms with Crippen LogP contribution >= 0.6 is 0 Å². The van der Waals surface area contributed by atoms with Crippen LogP contribution in [-0.4, -0.2) is 62.8 Å². The fourth-order valence-electron chi connectivity index (χ4n) is 3.43. The topological polar surface area (TPSA) is 109 Å². The van der Waals surface area contributed by atoms with Gasteiger partial charge in [-0.3, -0.25) is 4.79 Å². The van der Waals surface area contributed by atoms with Gasteiger partial charge in [-0.25, -0.2) is 4.79 Å². The minimum Gasteiger partial charge on any atom is -0.456 e. The van der Waals surface area contributed by atoms with Crippen LogP contribution in [0.2, 0.25) is 0 Å². The van der Waals surface area contributed by atoms with Crippen LogP contribution in [0.3, 0.4) is 0 Å². The molecule has 162 valence electrons. The van der Waals surface area contributed by atoms with Crippen LogP contribution in [0.1, 0.15) is 37.6 Å². The van der Waals surface area contributed by atoms with Gasteiger partial charge >= 0.3 is 5.97 Å². The number of hydrogen-bond donors (Lipinski definition) is 2. The Hall–Kier alpha value is -2.00. The summed E-state index contributed by atoms with van der Waals surface area (Å²) in [5, 5.41) is 2.84. The fourth-order valence-corrected chi connectivity index (χ4v) is 3.43. The molecule has 1 heterocycles. The van der Waals surface area contributed by atoms with Crippen molar-refractivity contribution in [2.45, 2.75) is 51.7 Å². The zero-order chi connectivity index (χ0) is 21.2. The van der Waals surface area contributed by atoms with Gasteiger partial charge in [0.15, 0.2) is 6.29 Å². The number of hydrogen-bond acceptors (Lipinski definition) is 7. The van der Waals surface area contributed by atoms with E-state index in [1.807, 2.05) is 19.9 Å². The third-order valence-electron chi connectivity index (χ3n) is 4.86. The normalized spacial score (nSPS) is 26.7. The lowest BCUT2D eigenvalue weighted by molar-refractivity contribution is -0.251. The summed E-state index contributed by atoms with van der Waals surface area (Å²) in [6, 6.07) is 8.14. The van der Waals surface area contributed by atoms with E-state index in [9.17, 15) is 9.59 Å². The van der Waals surface area contributed by atoms with E-state index in [0.717, 1.165) is 6.42 Å². The van der Waals surface area contributed by atoms with E-state index in [0.29, 0.717) is 25.3 Å². The van der Waals surface area contributed by atoms with Gasteiger partial charge < -0.3 is 30.0 Å². The number of amides is 1. The smallest absolute Gasteiger partial charge is 0.338 e. The van der Waals surface area contributed by atoms with Crippen LogP contribution in [0.5, 0.6) is 0 Å². The van der Waals surface area contributed by atoms with Crippen LogP contribution in [0, 0.1) is 5.92 Å². The van der Waals surface area contributed by atoms with Crippen molar-refractivity contribution in [2.75, 3.05) is 26.4 Å². The summed E-state index contributed by atoms with van der Waals surface area (Å²) in [7, 11) is 0. The van der Waals surface area contributed by atoms with Gasteiger partial charge in [0.1, 0.15) is 12.1 Å². The molecule has 0 saturated carbocycles. The van der Waals surface area contributed by atoms with Gasteiger partial charge in [-0.15, -0.1) is 0 Å². The van der Waals surface area contributed by atoms with Crippen molar-refractivity contribution in [1.82, 2.24) is 5.32 Å². The molecule has 1 fully saturated rings. The van der Waals surface area contributed by atoms with Crippen LogP contribution in [0.4, 0.5) is 0 Å². The minimum atomic E-state index is -0.755. The predicted octanol–water partition coefficient (Wildman–Crippen LogP) is 1.48. The van der Waals surface area contributed by atoms with E-state index in [1.54, 1.807) is 24.3 Å². The maximum Gasteiger partial charge on any atom is 0.338 e. The van der Waals surface area contributed by atoms with E-state index >= 15 is 0 Å². The van der Waals surface area contributed by atoms with Crippen molar-refractivity contribution < 1.29 is 28.5 Å². The van der Waals surface area contributed by atoms with E-state index in [1.165, 1.54) is 6.92 Å². The van der Waals surface area contributed by atoms with Gasteiger partial charge in [-0.1, -0.05) is 32.0 Å². The molecule has 5 atom stereocenters. The predicted molar refractivity (Wildman–Crippen MR) is 107 cm³/mol. The Bertz CT molecular complexity index is 641. The zero-order valence-corrected chi connectivity index (χ0v) is 17.3. The van der Waals surface area contributed by atoms with Crippen molar-refractivity contribution in [3.63, 3.8) is 0 Å². The molecule has 29 heavy (non-hydrogen) atoms. The molecule has 8 heteroatoms. The fraction of sp³-hybridized carbons (Fsp3) is 0.619. The summed E-state index contributed by atoms with van der Waals surface area (Å²) in [6.07, 6.45) is -0.810. The van der Waals surface area contributed by atoms with E-state index in [4.69, 9.17) is 24.7 Å². The number of ether oxygens (including phenoxy) is 4. The Morgan fingerprint density at radius 3 is 2.52 bits per heavy atom. The second kappa shape index (κ2) is 11.9. The highest BCUT2D eigenvalue weighted by atomic mass is 16.7. The Labute approximate surface area is 172 Å². The monoisotopic (exact) mass is 408 g/mol. The Morgan fingerprint density at radius 2 is 1.90 bits per heavy atom. The largest absolute Gasteiger partial charge is 0.456 e. The summed E-state index contributed by atoms with van der Waals surface area (Å²) in [4.78, 5) is 24.5. The molecular weight excluding hydrogens is 376 g/mol. The van der Waals surface area contributed by atoms with Gasteiger partial charge in [0, 0.05) is 19.4 Å². The molecule has 0 aromatic heterocycles. The summed E-state index contributed by atoms with van der Waals surface area (Å²) in [5.74, 6) is -0.827. The molecule has 1 saturated heterocycles. The molecule has 1 aliphatic heterocycles. The Morgan fingerprint density at radius 1 is 1.17 bits per heavy atom. The third-order valence-corrected chi connectivity index (χ3v) is 4.86. The van der Waals surface area contributed by atoms with Crippen molar-refractivity contribution in [1.29, 1.82) is 0 Å². The molecule has 1 aromatic carbocycles. The molecule has 3 N–H and O–H groups in total. The van der Waals surface area contributed by atoms with Crippen LogP contribution in [-0.2, 0) is 23.7 Å². The Kier molecular flexibility index (Phi) is 9.53. The van der Waals surface area contributed by atoms with Crippen molar-refractivity contribution >= 4 is 11.9 Å². The molecule has 5 unspecified atom stereocenters. The standard InChI is InChI=1S/C21H32N2O6/c1-4-17-14(2)19(29-20(25)16-8-6-5-7-9-16)18(23-15(3)24)21(28-17)27-13-12-26-11-10-22/h5-9,14,17-19,21H,4,10-13,22H2,1-3H3,(H,23,24). The van der Waals surface area contributed by atoms with Gasteiger partial charge in [0.05, 0.1) is 31.5 Å². The van der Waals surface area contributed by atoms with E-state index in [2.05, 4.69) is 5.32 Å². The molecule has 2 rings (SSSR count). The average Bonchev–Trinajstić information content (AvgIpc) is 2.72. The molecule has 1 aromatic rings. The summed E-state index contributed by atoms with van der Waals surface area (Å²) in [6.45, 7) is 6.85. The first kappa shape index (κ1) is 23.3. The van der Waals surface area contributed by atoms with Gasteiger partial charge in [-0.2, -0.15) is 0 Å². The van der Waals surface area contributed by atoms with Gasteiger partial charge in [-0.05, 0) is 18.6 Å². The van der Waals surface area contributed by atoms with E-state index in [-0.39, 0.29) is 24.5 Å². The lowest BCUT2D eigenvalue weighted by Crippen LogP contribution is -2.62.